The maximum Gasteiger partial charge on any atom is 0.462 e. The van der Waals surface area contributed by atoms with Crippen molar-refractivity contribution in [3.8, 4) is 0 Å². The Morgan fingerprint density at radius 2 is 1.35 bits per heavy atom. The fourth-order valence-corrected chi connectivity index (χ4v) is 2.62. The second-order valence-electron chi connectivity index (χ2n) is 6.02. The van der Waals surface area contributed by atoms with Crippen LogP contribution in [0.1, 0.15) is 41.5 Å². The molecule has 1 aliphatic heterocycles. The van der Waals surface area contributed by atoms with Gasteiger partial charge in [0.15, 0.2) is 0 Å². The highest BCUT2D eigenvalue weighted by Crippen LogP contribution is 2.41. The van der Waals surface area contributed by atoms with E-state index < -0.39 is 33.4 Å². The largest absolute Gasteiger partial charge is 0.462 e. The van der Waals surface area contributed by atoms with Crippen molar-refractivity contribution in [2.45, 2.75) is 63.8 Å². The van der Waals surface area contributed by atoms with Crippen molar-refractivity contribution in [2.75, 3.05) is 6.26 Å². The number of sulfone groups is 1. The molecule has 1 aliphatic rings. The average Bonchev–Trinajstić information content (AvgIpc) is 2.32. The Labute approximate surface area is 105 Å². The van der Waals surface area contributed by atoms with Gasteiger partial charge in [0.2, 0.25) is 0 Å². The molecule has 17 heavy (non-hydrogen) atoms. The fourth-order valence-electron chi connectivity index (χ4n) is 1.71. The van der Waals surface area contributed by atoms with Crippen LogP contribution in [-0.4, -0.2) is 38.2 Å². The molecule has 0 aromatic heterocycles. The van der Waals surface area contributed by atoms with Gasteiger partial charge in [-0.1, -0.05) is 6.92 Å². The van der Waals surface area contributed by atoms with Crippen LogP contribution in [0.3, 0.4) is 0 Å². The van der Waals surface area contributed by atoms with Crippen LogP contribution in [0, 0.1) is 0 Å². The summed E-state index contributed by atoms with van der Waals surface area (Å²) >= 11 is 0. The maximum atomic E-state index is 11.5. The van der Waals surface area contributed by atoms with Crippen molar-refractivity contribution in [3.63, 3.8) is 0 Å². The van der Waals surface area contributed by atoms with Gasteiger partial charge in [-0.25, -0.2) is 8.42 Å². The SMILES string of the molecule is CC([C@@H](C)B1OC(C)(C)C(C)(C)O1)S(C)(=O)=O. The minimum Gasteiger partial charge on any atom is -0.403 e. The van der Waals surface area contributed by atoms with Gasteiger partial charge in [-0.05, 0) is 34.6 Å². The Hall–Kier alpha value is -0.0651. The monoisotopic (exact) mass is 262 g/mol. The third-order valence-electron chi connectivity index (χ3n) is 4.12. The van der Waals surface area contributed by atoms with Gasteiger partial charge in [0.05, 0.1) is 16.5 Å². The van der Waals surface area contributed by atoms with Crippen LogP contribution in [0.2, 0.25) is 5.82 Å². The van der Waals surface area contributed by atoms with Crippen LogP contribution in [0.25, 0.3) is 0 Å². The first-order chi connectivity index (χ1) is 7.38. The van der Waals surface area contributed by atoms with E-state index in [9.17, 15) is 8.42 Å². The normalized spacial score (nSPS) is 26.9. The van der Waals surface area contributed by atoms with Gasteiger partial charge in [0.25, 0.3) is 0 Å². The summed E-state index contributed by atoms with van der Waals surface area (Å²) in [6, 6.07) is 0. The molecular formula is C11H23BO4S. The molecular weight excluding hydrogens is 239 g/mol. The van der Waals surface area contributed by atoms with Crippen molar-refractivity contribution in [2.24, 2.45) is 0 Å². The van der Waals surface area contributed by atoms with Crippen LogP contribution in [0.15, 0.2) is 0 Å². The molecule has 1 unspecified atom stereocenters. The molecule has 0 aliphatic carbocycles. The van der Waals surface area contributed by atoms with E-state index >= 15 is 0 Å². The Balaban J connectivity index is 2.86. The standard InChI is InChI=1S/C11H23BO4S/c1-8(9(2)17(7,13)14)12-15-10(3,4)11(5,6)16-12/h8-9H,1-7H3/t8-,9?/m1/s1. The summed E-state index contributed by atoms with van der Waals surface area (Å²) in [6.07, 6.45) is 1.25. The van der Waals surface area contributed by atoms with E-state index in [0.29, 0.717) is 0 Å². The predicted octanol–water partition coefficient (Wildman–Crippen LogP) is 1.90. The van der Waals surface area contributed by atoms with Crippen LogP contribution >= 0.6 is 0 Å². The van der Waals surface area contributed by atoms with Crippen LogP contribution < -0.4 is 0 Å². The molecule has 6 heteroatoms. The van der Waals surface area contributed by atoms with Crippen molar-refractivity contribution in [1.82, 2.24) is 0 Å². The molecule has 1 saturated heterocycles. The quantitative estimate of drug-likeness (QED) is 0.729. The predicted molar refractivity (Wildman–Crippen MR) is 69.8 cm³/mol. The highest BCUT2D eigenvalue weighted by Gasteiger charge is 2.54. The van der Waals surface area contributed by atoms with E-state index in [1.54, 1.807) is 6.92 Å². The first-order valence-corrected chi connectivity index (χ1v) is 7.88. The minimum absolute atomic E-state index is 0.189. The first kappa shape index (κ1) is 15.0. The lowest BCUT2D eigenvalue weighted by Crippen LogP contribution is -2.41. The van der Waals surface area contributed by atoms with Gasteiger partial charge in [-0.2, -0.15) is 0 Å². The number of rotatable bonds is 3. The molecule has 100 valence electrons. The summed E-state index contributed by atoms with van der Waals surface area (Å²) in [6.45, 7) is 11.4. The second kappa shape index (κ2) is 4.25. The lowest BCUT2D eigenvalue weighted by molar-refractivity contribution is 0.00578. The van der Waals surface area contributed by atoms with Crippen LogP contribution in [-0.2, 0) is 19.1 Å². The van der Waals surface area contributed by atoms with E-state index in [0.717, 1.165) is 0 Å². The van der Waals surface area contributed by atoms with Gasteiger partial charge in [-0.15, -0.1) is 0 Å². The summed E-state index contributed by atoms with van der Waals surface area (Å²) in [7, 11) is -3.54. The zero-order valence-electron chi connectivity index (χ0n) is 11.8. The van der Waals surface area contributed by atoms with Crippen molar-refractivity contribution in [3.05, 3.63) is 0 Å². The number of hydrogen-bond donors (Lipinski definition) is 0. The van der Waals surface area contributed by atoms with Crippen molar-refractivity contribution >= 4 is 17.0 Å². The smallest absolute Gasteiger partial charge is 0.403 e. The zero-order valence-corrected chi connectivity index (χ0v) is 12.6. The van der Waals surface area contributed by atoms with Gasteiger partial charge in [0, 0.05) is 12.1 Å². The molecule has 1 fully saturated rings. The van der Waals surface area contributed by atoms with Crippen molar-refractivity contribution < 1.29 is 17.7 Å². The van der Waals surface area contributed by atoms with Gasteiger partial charge >= 0.3 is 7.12 Å². The Bertz CT molecular complexity index is 372. The molecule has 0 aromatic rings. The van der Waals surface area contributed by atoms with Crippen LogP contribution in [0.4, 0.5) is 0 Å². The molecule has 0 amide bonds. The lowest BCUT2D eigenvalue weighted by Gasteiger charge is -2.32. The molecule has 0 aromatic carbocycles. The minimum atomic E-state index is -3.07. The topological polar surface area (TPSA) is 52.6 Å². The summed E-state index contributed by atoms with van der Waals surface area (Å²) in [5.74, 6) is -0.189. The van der Waals surface area contributed by atoms with Gasteiger partial charge in [-0.3, -0.25) is 0 Å². The zero-order chi connectivity index (χ0) is 13.6. The third-order valence-corrected chi connectivity index (χ3v) is 5.90. The van der Waals surface area contributed by atoms with Gasteiger partial charge < -0.3 is 9.31 Å². The van der Waals surface area contributed by atoms with E-state index in [4.69, 9.17) is 9.31 Å². The van der Waals surface area contributed by atoms with Crippen molar-refractivity contribution in [1.29, 1.82) is 0 Å². The van der Waals surface area contributed by atoms with Gasteiger partial charge in [0.1, 0.15) is 9.84 Å². The van der Waals surface area contributed by atoms with E-state index in [1.165, 1.54) is 6.26 Å². The maximum absolute atomic E-state index is 11.5. The Morgan fingerprint density at radius 1 is 1.00 bits per heavy atom. The molecule has 0 bridgehead atoms. The summed E-state index contributed by atoms with van der Waals surface area (Å²) in [5.41, 5.74) is -0.827. The summed E-state index contributed by atoms with van der Waals surface area (Å²) < 4.78 is 34.8. The molecule has 1 heterocycles. The van der Waals surface area contributed by atoms with Crippen LogP contribution in [0.5, 0.6) is 0 Å². The highest BCUT2D eigenvalue weighted by molar-refractivity contribution is 7.91. The summed E-state index contributed by atoms with van der Waals surface area (Å²) in [5, 5.41) is -0.475. The average molecular weight is 262 g/mol. The molecule has 0 radical (unpaired) electrons. The molecule has 0 spiro atoms. The highest BCUT2D eigenvalue weighted by atomic mass is 32.2. The van der Waals surface area contributed by atoms with E-state index in [-0.39, 0.29) is 5.82 Å². The Morgan fingerprint density at radius 3 is 1.65 bits per heavy atom. The fraction of sp³-hybridized carbons (Fsp3) is 1.00. The van der Waals surface area contributed by atoms with E-state index in [2.05, 4.69) is 0 Å². The summed E-state index contributed by atoms with van der Waals surface area (Å²) in [4.78, 5) is 0. The first-order valence-electron chi connectivity index (χ1n) is 5.93. The second-order valence-corrected chi connectivity index (χ2v) is 8.42. The lowest BCUT2D eigenvalue weighted by atomic mass is 9.71. The Kier molecular flexibility index (Phi) is 3.74. The molecule has 1 rings (SSSR count). The van der Waals surface area contributed by atoms with E-state index in [1.807, 2.05) is 34.6 Å². The molecule has 4 nitrogen and oxygen atoms in total. The third kappa shape index (κ3) is 2.85. The molecule has 2 atom stereocenters. The molecule has 0 N–H and O–H groups in total. The molecule has 0 saturated carbocycles. The number of hydrogen-bond acceptors (Lipinski definition) is 4.